The molecule has 0 spiro atoms. The molecular formula is C21H29N3O. The van der Waals surface area contributed by atoms with Crippen LogP contribution in [0.4, 0.5) is 0 Å². The van der Waals surface area contributed by atoms with Crippen molar-refractivity contribution < 1.29 is 4.74 Å². The number of ether oxygens (including phenoxy) is 1. The third kappa shape index (κ3) is 5.28. The second kappa shape index (κ2) is 8.97. The van der Waals surface area contributed by atoms with E-state index in [1.165, 1.54) is 24.1 Å². The number of pyridine rings is 1. The first kappa shape index (κ1) is 17.9. The van der Waals surface area contributed by atoms with Crippen LogP contribution in [0.15, 0.2) is 48.8 Å². The summed E-state index contributed by atoms with van der Waals surface area (Å²) in [6, 6.07) is 12.6. The summed E-state index contributed by atoms with van der Waals surface area (Å²) in [6.45, 7) is 8.19. The maximum Gasteiger partial charge on any atom is 0.123 e. The molecule has 1 aliphatic rings. The van der Waals surface area contributed by atoms with Crippen molar-refractivity contribution in [1.82, 2.24) is 14.8 Å². The number of likely N-dealkylation sites (tertiary alicyclic amines) is 1. The average Bonchev–Trinajstić information content (AvgIpc) is 3.04. The van der Waals surface area contributed by atoms with Gasteiger partial charge in [-0.1, -0.05) is 24.3 Å². The number of benzene rings is 1. The van der Waals surface area contributed by atoms with Gasteiger partial charge in [0.25, 0.3) is 0 Å². The van der Waals surface area contributed by atoms with Gasteiger partial charge in [-0.15, -0.1) is 0 Å². The Hall–Kier alpha value is -1.91. The smallest absolute Gasteiger partial charge is 0.123 e. The number of hydrogen-bond acceptors (Lipinski definition) is 4. The van der Waals surface area contributed by atoms with Gasteiger partial charge in [0, 0.05) is 44.1 Å². The summed E-state index contributed by atoms with van der Waals surface area (Å²) < 4.78 is 5.76. The maximum absolute atomic E-state index is 5.76. The molecule has 1 aromatic heterocycles. The Morgan fingerprint density at radius 1 is 1.24 bits per heavy atom. The lowest BCUT2D eigenvalue weighted by atomic mass is 10.1. The van der Waals surface area contributed by atoms with Crippen molar-refractivity contribution in [3.8, 4) is 5.75 Å². The van der Waals surface area contributed by atoms with Gasteiger partial charge in [0.2, 0.25) is 0 Å². The SMILES string of the molecule is CCOc1ccccc1CN1CC[C@@H](CN(C)Cc2cccnc2)C1. The molecule has 1 aliphatic heterocycles. The molecule has 1 fully saturated rings. The third-order valence-corrected chi connectivity index (χ3v) is 4.78. The first-order valence-corrected chi connectivity index (χ1v) is 9.25. The largest absolute Gasteiger partial charge is 0.494 e. The zero-order valence-corrected chi connectivity index (χ0v) is 15.4. The van der Waals surface area contributed by atoms with Crippen molar-refractivity contribution >= 4 is 0 Å². The molecular weight excluding hydrogens is 310 g/mol. The summed E-state index contributed by atoms with van der Waals surface area (Å²) >= 11 is 0. The molecule has 4 nitrogen and oxygen atoms in total. The van der Waals surface area contributed by atoms with Gasteiger partial charge in [-0.05, 0) is 50.6 Å². The fourth-order valence-electron chi connectivity index (χ4n) is 3.69. The van der Waals surface area contributed by atoms with Crippen LogP contribution in [0.1, 0.15) is 24.5 Å². The minimum absolute atomic E-state index is 0.721. The van der Waals surface area contributed by atoms with E-state index in [1.54, 1.807) is 0 Å². The second-order valence-corrected chi connectivity index (χ2v) is 6.99. The molecule has 0 radical (unpaired) electrons. The Labute approximate surface area is 151 Å². The molecule has 0 N–H and O–H groups in total. The van der Waals surface area contributed by atoms with Crippen molar-refractivity contribution in [2.45, 2.75) is 26.4 Å². The zero-order valence-electron chi connectivity index (χ0n) is 15.4. The normalized spacial score (nSPS) is 18.0. The predicted molar refractivity (Wildman–Crippen MR) is 102 cm³/mol. The van der Waals surface area contributed by atoms with Crippen LogP contribution in [-0.4, -0.2) is 48.1 Å². The lowest BCUT2D eigenvalue weighted by molar-refractivity contribution is 0.252. The lowest BCUT2D eigenvalue weighted by Crippen LogP contribution is -2.28. The van der Waals surface area contributed by atoms with Crippen LogP contribution in [0.5, 0.6) is 5.75 Å². The summed E-state index contributed by atoms with van der Waals surface area (Å²) in [6.07, 6.45) is 5.06. The van der Waals surface area contributed by atoms with Crippen molar-refractivity contribution in [1.29, 1.82) is 0 Å². The van der Waals surface area contributed by atoms with Gasteiger partial charge in [0.15, 0.2) is 0 Å². The molecule has 2 aromatic rings. The van der Waals surface area contributed by atoms with Crippen molar-refractivity contribution in [2.24, 2.45) is 5.92 Å². The van der Waals surface area contributed by atoms with E-state index in [1.807, 2.05) is 25.4 Å². The summed E-state index contributed by atoms with van der Waals surface area (Å²) in [5.74, 6) is 1.77. The first-order chi connectivity index (χ1) is 12.2. The summed E-state index contributed by atoms with van der Waals surface area (Å²) in [7, 11) is 2.21. The van der Waals surface area contributed by atoms with Gasteiger partial charge in [-0.3, -0.25) is 9.88 Å². The van der Waals surface area contributed by atoms with Crippen LogP contribution in [0.25, 0.3) is 0 Å². The van der Waals surface area contributed by atoms with Crippen molar-refractivity contribution in [3.63, 3.8) is 0 Å². The van der Waals surface area contributed by atoms with Crippen LogP contribution in [0, 0.1) is 5.92 Å². The molecule has 0 aliphatic carbocycles. The topological polar surface area (TPSA) is 28.6 Å². The van der Waals surface area contributed by atoms with Gasteiger partial charge in [-0.2, -0.15) is 0 Å². The Morgan fingerprint density at radius 3 is 2.92 bits per heavy atom. The number of rotatable bonds is 8. The van der Waals surface area contributed by atoms with Gasteiger partial charge in [0.1, 0.15) is 5.75 Å². The zero-order chi connectivity index (χ0) is 17.5. The Bertz CT molecular complexity index is 647. The quantitative estimate of drug-likeness (QED) is 0.737. The van der Waals surface area contributed by atoms with Crippen LogP contribution in [-0.2, 0) is 13.1 Å². The van der Waals surface area contributed by atoms with Crippen LogP contribution in [0.2, 0.25) is 0 Å². The third-order valence-electron chi connectivity index (χ3n) is 4.78. The first-order valence-electron chi connectivity index (χ1n) is 9.25. The van der Waals surface area contributed by atoms with E-state index in [-0.39, 0.29) is 0 Å². The molecule has 134 valence electrons. The lowest BCUT2D eigenvalue weighted by Gasteiger charge is -2.22. The van der Waals surface area contributed by atoms with Gasteiger partial charge >= 0.3 is 0 Å². The minimum Gasteiger partial charge on any atom is -0.494 e. The molecule has 25 heavy (non-hydrogen) atoms. The van der Waals surface area contributed by atoms with Crippen LogP contribution < -0.4 is 4.74 Å². The molecule has 1 aromatic carbocycles. The van der Waals surface area contributed by atoms with E-state index in [0.29, 0.717) is 0 Å². The van der Waals surface area contributed by atoms with Gasteiger partial charge in [-0.25, -0.2) is 0 Å². The molecule has 1 saturated heterocycles. The Morgan fingerprint density at radius 2 is 2.12 bits per heavy atom. The van der Waals surface area contributed by atoms with Gasteiger partial charge < -0.3 is 9.64 Å². The highest BCUT2D eigenvalue weighted by atomic mass is 16.5. The van der Waals surface area contributed by atoms with E-state index in [9.17, 15) is 0 Å². The van der Waals surface area contributed by atoms with Crippen LogP contribution in [0.3, 0.4) is 0 Å². The highest BCUT2D eigenvalue weighted by molar-refractivity contribution is 5.33. The van der Waals surface area contributed by atoms with E-state index < -0.39 is 0 Å². The Kier molecular flexibility index (Phi) is 6.42. The molecule has 0 unspecified atom stereocenters. The summed E-state index contributed by atoms with van der Waals surface area (Å²) in [4.78, 5) is 9.18. The number of nitrogens with zero attached hydrogens (tertiary/aromatic N) is 3. The summed E-state index contributed by atoms with van der Waals surface area (Å²) in [5.41, 5.74) is 2.58. The van der Waals surface area contributed by atoms with Crippen molar-refractivity contribution in [2.75, 3.05) is 33.3 Å². The Balaban J connectivity index is 1.49. The monoisotopic (exact) mass is 339 g/mol. The minimum atomic E-state index is 0.721. The molecule has 0 saturated carbocycles. The molecule has 3 rings (SSSR count). The second-order valence-electron chi connectivity index (χ2n) is 6.99. The molecule has 0 bridgehead atoms. The highest BCUT2D eigenvalue weighted by Gasteiger charge is 2.24. The predicted octanol–water partition coefficient (Wildman–Crippen LogP) is 3.43. The molecule has 0 amide bonds. The van der Waals surface area contributed by atoms with E-state index in [2.05, 4.69) is 52.2 Å². The number of aromatic nitrogens is 1. The van der Waals surface area contributed by atoms with Crippen LogP contribution >= 0.6 is 0 Å². The molecule has 4 heteroatoms. The number of para-hydroxylation sites is 1. The fraction of sp³-hybridized carbons (Fsp3) is 0.476. The fourth-order valence-corrected chi connectivity index (χ4v) is 3.69. The molecule has 1 atom stereocenters. The average molecular weight is 339 g/mol. The van der Waals surface area contributed by atoms with E-state index >= 15 is 0 Å². The molecule has 2 heterocycles. The highest BCUT2D eigenvalue weighted by Crippen LogP contribution is 2.24. The van der Waals surface area contributed by atoms with E-state index in [4.69, 9.17) is 4.74 Å². The van der Waals surface area contributed by atoms with Crippen molar-refractivity contribution in [3.05, 3.63) is 59.9 Å². The van der Waals surface area contributed by atoms with E-state index in [0.717, 1.165) is 44.5 Å². The van der Waals surface area contributed by atoms with Gasteiger partial charge in [0.05, 0.1) is 6.61 Å². The maximum atomic E-state index is 5.76. The summed E-state index contributed by atoms with van der Waals surface area (Å²) in [5, 5.41) is 0. The standard InChI is InChI=1S/C21H29N3O/c1-3-25-21-9-5-4-8-20(21)17-24-12-10-19(16-24)15-23(2)14-18-7-6-11-22-13-18/h4-9,11,13,19H,3,10,12,14-17H2,1-2H3/t19-/m0/s1. The number of hydrogen-bond donors (Lipinski definition) is 0.